The first-order chi connectivity index (χ1) is 12.6. The minimum atomic E-state index is -0.179. The second-order valence-electron chi connectivity index (χ2n) is 6.99. The standard InChI is InChI=1S/C18H22N6OS/c1-4-5-15-22-23-18(26-15)21-17(25)12-8-14(11-6-7-11)20-16-13(12)9-19-24(16)10(2)3/h8-11H,4-7H2,1-3H3,(H,21,23,25). The van der Waals surface area contributed by atoms with E-state index >= 15 is 0 Å². The molecule has 1 aliphatic rings. The second kappa shape index (κ2) is 6.75. The number of aryl methyl sites for hydroxylation is 1. The van der Waals surface area contributed by atoms with Crippen molar-refractivity contribution in [3.8, 4) is 0 Å². The lowest BCUT2D eigenvalue weighted by molar-refractivity contribution is 0.102. The van der Waals surface area contributed by atoms with Crippen molar-refractivity contribution in [2.75, 3.05) is 5.32 Å². The molecule has 0 saturated heterocycles. The van der Waals surface area contributed by atoms with Gasteiger partial charge in [0.1, 0.15) is 5.01 Å². The average Bonchev–Trinajstić information content (AvgIpc) is 3.23. The third-order valence-corrected chi connectivity index (χ3v) is 5.37. The highest BCUT2D eigenvalue weighted by molar-refractivity contribution is 7.15. The number of pyridine rings is 1. The minimum absolute atomic E-state index is 0.179. The second-order valence-corrected chi connectivity index (χ2v) is 8.06. The van der Waals surface area contributed by atoms with E-state index in [1.54, 1.807) is 6.20 Å². The third kappa shape index (κ3) is 3.21. The Bertz CT molecular complexity index is 956. The molecule has 0 aromatic carbocycles. The molecular weight excluding hydrogens is 348 g/mol. The topological polar surface area (TPSA) is 85.6 Å². The van der Waals surface area contributed by atoms with Gasteiger partial charge in [-0.15, -0.1) is 10.2 Å². The van der Waals surface area contributed by atoms with Crippen LogP contribution in [0.15, 0.2) is 12.3 Å². The van der Waals surface area contributed by atoms with Crippen molar-refractivity contribution in [3.05, 3.63) is 28.5 Å². The number of carbonyl (C=O) groups excluding carboxylic acids is 1. The number of fused-ring (bicyclic) bond motifs is 1. The monoisotopic (exact) mass is 370 g/mol. The van der Waals surface area contributed by atoms with Crippen LogP contribution in [-0.4, -0.2) is 30.9 Å². The normalized spacial score (nSPS) is 14.3. The maximum atomic E-state index is 12.9. The molecule has 1 N–H and O–H groups in total. The number of carbonyl (C=O) groups is 1. The molecule has 0 unspecified atom stereocenters. The smallest absolute Gasteiger partial charge is 0.258 e. The Balaban J connectivity index is 1.70. The van der Waals surface area contributed by atoms with Crippen molar-refractivity contribution >= 4 is 33.4 Å². The van der Waals surface area contributed by atoms with Crippen molar-refractivity contribution in [2.45, 2.75) is 58.4 Å². The van der Waals surface area contributed by atoms with Crippen LogP contribution < -0.4 is 5.32 Å². The van der Waals surface area contributed by atoms with Crippen LogP contribution in [0, 0.1) is 0 Å². The lowest BCUT2D eigenvalue weighted by atomic mass is 10.1. The van der Waals surface area contributed by atoms with Crippen molar-refractivity contribution in [1.82, 2.24) is 25.0 Å². The molecule has 1 amide bonds. The molecule has 26 heavy (non-hydrogen) atoms. The van der Waals surface area contributed by atoms with Crippen molar-refractivity contribution in [1.29, 1.82) is 0 Å². The summed E-state index contributed by atoms with van der Waals surface area (Å²) in [5, 5.41) is 17.8. The SMILES string of the molecule is CCCc1nnc(NC(=O)c2cc(C3CC3)nc3c2cnn3C(C)C)s1. The molecule has 1 fully saturated rings. The van der Waals surface area contributed by atoms with Crippen molar-refractivity contribution in [2.24, 2.45) is 0 Å². The predicted octanol–water partition coefficient (Wildman–Crippen LogP) is 3.95. The van der Waals surface area contributed by atoms with E-state index in [0.29, 0.717) is 16.6 Å². The fraction of sp³-hybridized carbons (Fsp3) is 0.500. The average molecular weight is 370 g/mol. The number of aromatic nitrogens is 5. The number of hydrogen-bond acceptors (Lipinski definition) is 6. The fourth-order valence-corrected chi connectivity index (χ4v) is 3.81. The van der Waals surface area contributed by atoms with Gasteiger partial charge in [0.15, 0.2) is 5.65 Å². The first kappa shape index (κ1) is 17.1. The largest absolute Gasteiger partial charge is 0.296 e. The van der Waals surface area contributed by atoms with E-state index in [0.717, 1.165) is 47.4 Å². The maximum Gasteiger partial charge on any atom is 0.258 e. The molecule has 3 aromatic rings. The highest BCUT2D eigenvalue weighted by atomic mass is 32.1. The van der Waals surface area contributed by atoms with E-state index in [9.17, 15) is 4.79 Å². The van der Waals surface area contributed by atoms with Gasteiger partial charge >= 0.3 is 0 Å². The molecule has 8 heteroatoms. The molecule has 4 rings (SSSR count). The van der Waals surface area contributed by atoms with Gasteiger partial charge < -0.3 is 0 Å². The summed E-state index contributed by atoms with van der Waals surface area (Å²) in [6.45, 7) is 6.22. The van der Waals surface area contributed by atoms with Gasteiger partial charge in [-0.3, -0.25) is 10.1 Å². The molecule has 0 atom stereocenters. The van der Waals surface area contributed by atoms with Gasteiger partial charge in [0.25, 0.3) is 5.91 Å². The van der Waals surface area contributed by atoms with E-state index in [-0.39, 0.29) is 11.9 Å². The first-order valence-corrected chi connectivity index (χ1v) is 9.90. The Morgan fingerprint density at radius 3 is 2.88 bits per heavy atom. The van der Waals surface area contributed by atoms with E-state index in [1.807, 2.05) is 10.7 Å². The summed E-state index contributed by atoms with van der Waals surface area (Å²) in [5.74, 6) is 0.279. The summed E-state index contributed by atoms with van der Waals surface area (Å²) in [7, 11) is 0. The Hall–Kier alpha value is -2.35. The van der Waals surface area contributed by atoms with Gasteiger partial charge in [-0.25, -0.2) is 9.67 Å². The highest BCUT2D eigenvalue weighted by Gasteiger charge is 2.28. The van der Waals surface area contributed by atoms with Crippen LogP contribution in [0.25, 0.3) is 11.0 Å². The first-order valence-electron chi connectivity index (χ1n) is 9.08. The Morgan fingerprint density at radius 2 is 2.19 bits per heavy atom. The molecule has 136 valence electrons. The van der Waals surface area contributed by atoms with E-state index < -0.39 is 0 Å². The number of amides is 1. The van der Waals surface area contributed by atoms with Gasteiger partial charge in [-0.1, -0.05) is 18.3 Å². The van der Waals surface area contributed by atoms with Crippen LogP contribution in [0.5, 0.6) is 0 Å². The van der Waals surface area contributed by atoms with E-state index in [2.05, 4.69) is 41.4 Å². The Labute approximate surface area is 155 Å². The van der Waals surface area contributed by atoms with Crippen LogP contribution in [0.2, 0.25) is 0 Å². The van der Waals surface area contributed by atoms with Gasteiger partial charge in [-0.2, -0.15) is 5.10 Å². The lowest BCUT2D eigenvalue weighted by Gasteiger charge is -2.09. The summed E-state index contributed by atoms with van der Waals surface area (Å²) in [6.07, 6.45) is 5.88. The summed E-state index contributed by atoms with van der Waals surface area (Å²) in [4.78, 5) is 17.7. The predicted molar refractivity (Wildman–Crippen MR) is 102 cm³/mol. The summed E-state index contributed by atoms with van der Waals surface area (Å²) in [6, 6.07) is 2.10. The molecule has 0 radical (unpaired) electrons. The van der Waals surface area contributed by atoms with Crippen molar-refractivity contribution < 1.29 is 4.79 Å². The Morgan fingerprint density at radius 1 is 1.38 bits per heavy atom. The molecule has 0 aliphatic heterocycles. The van der Waals surface area contributed by atoms with Crippen LogP contribution in [0.1, 0.15) is 73.1 Å². The van der Waals surface area contributed by atoms with E-state index in [4.69, 9.17) is 4.98 Å². The summed E-state index contributed by atoms with van der Waals surface area (Å²) >= 11 is 1.43. The van der Waals surface area contributed by atoms with Gasteiger partial charge in [-0.05, 0) is 39.2 Å². The van der Waals surface area contributed by atoms with Crippen LogP contribution in [0.4, 0.5) is 5.13 Å². The number of nitrogens with one attached hydrogen (secondary N) is 1. The molecule has 3 heterocycles. The van der Waals surface area contributed by atoms with Gasteiger partial charge in [0.2, 0.25) is 5.13 Å². The molecule has 0 bridgehead atoms. The lowest BCUT2D eigenvalue weighted by Crippen LogP contribution is -2.13. The maximum absolute atomic E-state index is 12.9. The van der Waals surface area contributed by atoms with Crippen LogP contribution in [0.3, 0.4) is 0 Å². The molecule has 7 nitrogen and oxygen atoms in total. The summed E-state index contributed by atoms with van der Waals surface area (Å²) < 4.78 is 1.88. The van der Waals surface area contributed by atoms with E-state index in [1.165, 1.54) is 11.3 Å². The molecule has 3 aromatic heterocycles. The quantitative estimate of drug-likeness (QED) is 0.710. The number of rotatable bonds is 6. The molecule has 1 aliphatic carbocycles. The number of hydrogen-bond donors (Lipinski definition) is 1. The highest BCUT2D eigenvalue weighted by Crippen LogP contribution is 2.40. The Kier molecular flexibility index (Phi) is 4.44. The fourth-order valence-electron chi connectivity index (χ4n) is 2.97. The molecule has 1 saturated carbocycles. The zero-order valence-corrected chi connectivity index (χ0v) is 16.0. The van der Waals surface area contributed by atoms with Crippen LogP contribution in [-0.2, 0) is 6.42 Å². The van der Waals surface area contributed by atoms with Gasteiger partial charge in [0.05, 0.1) is 17.1 Å². The summed E-state index contributed by atoms with van der Waals surface area (Å²) in [5.41, 5.74) is 2.36. The minimum Gasteiger partial charge on any atom is -0.296 e. The van der Waals surface area contributed by atoms with Crippen LogP contribution >= 0.6 is 11.3 Å². The zero-order valence-electron chi connectivity index (χ0n) is 15.2. The van der Waals surface area contributed by atoms with Gasteiger partial charge in [0, 0.05) is 24.1 Å². The van der Waals surface area contributed by atoms with Crippen molar-refractivity contribution in [3.63, 3.8) is 0 Å². The number of nitrogens with zero attached hydrogens (tertiary/aromatic N) is 5. The molecule has 0 spiro atoms. The molecular formula is C18H22N6OS. The number of anilines is 1. The zero-order chi connectivity index (χ0) is 18.3. The third-order valence-electron chi connectivity index (χ3n) is 4.47.